The van der Waals surface area contributed by atoms with Gasteiger partial charge in [0.05, 0.1) is 86.6 Å². The molecule has 26 nitrogen and oxygen atoms in total. The van der Waals surface area contributed by atoms with Crippen molar-refractivity contribution in [2.24, 2.45) is 40.9 Å². The number of ketones is 1. The van der Waals surface area contributed by atoms with Gasteiger partial charge in [-0.2, -0.15) is 0 Å². The molecule has 26 heteroatoms. The van der Waals surface area contributed by atoms with E-state index in [-0.39, 0.29) is 43.1 Å². The van der Waals surface area contributed by atoms with Crippen LogP contribution in [0, 0.1) is 51.0 Å². The maximum absolute atomic E-state index is 15.6. The zero-order valence-electron chi connectivity index (χ0n) is 55.4. The van der Waals surface area contributed by atoms with Gasteiger partial charge in [-0.1, -0.05) is 50.6 Å². The number of alkyl carbamates (subject to hydrolysis) is 1. The number of ether oxygens (including phenoxy) is 13. The molecule has 6 heterocycles. The van der Waals surface area contributed by atoms with Gasteiger partial charge in [0, 0.05) is 68.1 Å². The van der Waals surface area contributed by atoms with Gasteiger partial charge in [0.2, 0.25) is 11.3 Å². The van der Waals surface area contributed by atoms with Gasteiger partial charge < -0.3 is 87.3 Å². The van der Waals surface area contributed by atoms with Crippen molar-refractivity contribution in [2.45, 2.75) is 281 Å². The number of nitrogens with zero attached hydrogens (tertiary/aromatic N) is 1. The number of carbonyl (C=O) groups excluding carboxylic acids is 5. The van der Waals surface area contributed by atoms with Crippen LogP contribution in [0.1, 0.15) is 147 Å². The summed E-state index contributed by atoms with van der Waals surface area (Å²) in [4.78, 5) is 80.4. The number of rotatable bonds is 14. The first-order valence-corrected chi connectivity index (χ1v) is 33.1. The van der Waals surface area contributed by atoms with Crippen LogP contribution in [0.15, 0.2) is 58.4 Å². The van der Waals surface area contributed by atoms with Crippen molar-refractivity contribution >= 4 is 30.1 Å². The van der Waals surface area contributed by atoms with Crippen LogP contribution in [0.4, 0.5) is 4.79 Å². The van der Waals surface area contributed by atoms with E-state index in [1.807, 2.05) is 39.8 Å². The van der Waals surface area contributed by atoms with Crippen LogP contribution in [0.25, 0.3) is 0 Å². The standard InChI is InChI=1S/C67H96N2O24/c1-30-14-18-47(88-54-28-65(11,69(79)80)60(38(9)86-54)68-64(78)81-13)31(2)23-43-45(73)24-40(29-70)27-67(43)62(76)55(63(77)93-67)61(75)66(12)42(30)16-15-41-56(66)32(3)22-33(4)57(41)92-53-26-49(59(37(8)85-53)87-39(10)71)90-50-21-19-48(35(6)83-50)89-52-25-46(74)58(36(7)84-52)91-51-20-17-44(72)34(5)82-51/h14-16,23-24,29,32-38,41-54,56-60,72-75H,17-22,25-28H2,1-13H3,(H,68,78)/b30-14+,31-23?,61-55?/t32-,33-,34-,35-,36-,37-,38+,41?,42-,43+,44?,45-,46+,47-,48?,49+,50-,51-,52-,53-,54-,56+,57?,58?,59?,60?,65?,66+,67?/m0/s1. The number of Topliss-reactive ketones (excluding diaryl/α,β-unsaturated/α-hetero) is 1. The van der Waals surface area contributed by atoms with E-state index >= 15 is 4.79 Å². The van der Waals surface area contributed by atoms with Crippen LogP contribution in [0.2, 0.25) is 0 Å². The lowest BCUT2D eigenvalue weighted by Gasteiger charge is -2.56. The Morgan fingerprint density at radius 1 is 0.720 bits per heavy atom. The molecule has 9 unspecified atom stereocenters. The fraction of sp³-hybridized carbons (Fsp3) is 0.776. The molecule has 7 fully saturated rings. The summed E-state index contributed by atoms with van der Waals surface area (Å²) in [5.41, 5.74) is -4.91. The van der Waals surface area contributed by atoms with E-state index in [0.29, 0.717) is 49.5 Å². The molecule has 0 aromatic heterocycles. The molecule has 0 aromatic rings. The Labute approximate surface area is 542 Å². The fourth-order valence-corrected chi connectivity index (χ4v) is 16.9. The summed E-state index contributed by atoms with van der Waals surface area (Å²) in [6.45, 7) is 21.0. The van der Waals surface area contributed by atoms with Crippen LogP contribution in [-0.4, -0.2) is 197 Å². The number of carbonyl (C=O) groups is 5. The van der Waals surface area contributed by atoms with Gasteiger partial charge in [0.25, 0.3) is 0 Å². The highest BCUT2D eigenvalue weighted by Gasteiger charge is 2.65. The van der Waals surface area contributed by atoms with E-state index in [4.69, 9.17) is 61.6 Å². The van der Waals surface area contributed by atoms with Gasteiger partial charge in [0.1, 0.15) is 35.9 Å². The Hall–Kier alpha value is -5.07. The van der Waals surface area contributed by atoms with Crippen molar-refractivity contribution in [1.82, 2.24) is 5.32 Å². The number of fused-ring (bicyclic) bond motifs is 4. The van der Waals surface area contributed by atoms with Crippen LogP contribution in [0.5, 0.6) is 0 Å². The SMILES string of the molecule is COC(=O)NC1[C@@H](C)O[C@@H](O[C@H]2C/C=C(\C)[C@@H]3C=CC4C(O[C@H]5C[C@@H](O[C@H]6CCC(O[C@H]7C[C@@H](O)C(O[C@H]8CCC(O)[C@H](C)O8)[C@H](C)O7)[C@H](C)O6)C(OC(C)=O)[C@H](C)O5)[C@@H](C)C[C@H](C)[C@H]4[C@]3(C)C(O)=C3C(=O)OC4(CC(C=O)=C[C@H](O)[C@H]4C=C2C)C3=O)CC1(C)[N+](=O)[O-]. The molecule has 518 valence electrons. The second kappa shape index (κ2) is 28.2. The quantitative estimate of drug-likeness (QED) is 0.0240. The Kier molecular flexibility index (Phi) is 21.4. The van der Waals surface area contributed by atoms with Gasteiger partial charge in [-0.25, -0.2) is 9.59 Å². The molecule has 5 N–H and O–H groups in total. The van der Waals surface area contributed by atoms with Crippen LogP contribution < -0.4 is 5.32 Å². The third kappa shape index (κ3) is 14.0. The number of amides is 1. The molecule has 4 aliphatic carbocycles. The highest BCUT2D eigenvalue weighted by Crippen LogP contribution is 2.61. The highest BCUT2D eigenvalue weighted by atomic mass is 16.8. The third-order valence-electron chi connectivity index (χ3n) is 21.7. The lowest BCUT2D eigenvalue weighted by Crippen LogP contribution is -2.65. The molecular weight excluding hydrogens is 1220 g/mol. The van der Waals surface area contributed by atoms with Gasteiger partial charge in [-0.15, -0.1) is 0 Å². The Morgan fingerprint density at radius 2 is 1.35 bits per heavy atom. The highest BCUT2D eigenvalue weighted by molar-refractivity contribution is 6.26. The van der Waals surface area contributed by atoms with E-state index in [2.05, 4.69) is 25.2 Å². The molecule has 1 amide bonds. The Balaban J connectivity index is 0.904. The van der Waals surface area contributed by atoms with Gasteiger partial charge in [-0.05, 0) is 109 Å². The predicted octanol–water partition coefficient (Wildman–Crippen LogP) is 6.36. The maximum Gasteiger partial charge on any atom is 0.407 e. The Morgan fingerprint density at radius 3 is 2.01 bits per heavy atom. The van der Waals surface area contributed by atoms with E-state index in [9.17, 15) is 49.7 Å². The number of methoxy groups -OCH3 is 1. The molecule has 2 bridgehead atoms. The van der Waals surface area contributed by atoms with Crippen LogP contribution in [0.3, 0.4) is 0 Å². The number of aldehydes is 1. The first-order chi connectivity index (χ1) is 43.9. The number of nitrogens with one attached hydrogen (secondary N) is 1. The lowest BCUT2D eigenvalue weighted by atomic mass is 9.49. The monoisotopic (exact) mass is 1310 g/mol. The zero-order chi connectivity index (χ0) is 67.5. The molecule has 10 aliphatic rings. The summed E-state index contributed by atoms with van der Waals surface area (Å²) in [6, 6.07) is -1.12. The second-order valence-corrected chi connectivity index (χ2v) is 28.2. The molecule has 29 atom stereocenters. The minimum atomic E-state index is -2.20. The van der Waals surface area contributed by atoms with E-state index in [1.165, 1.54) is 19.9 Å². The van der Waals surface area contributed by atoms with Crippen LogP contribution >= 0.6 is 0 Å². The number of esters is 2. The number of aliphatic hydroxyl groups is 4. The number of aliphatic hydroxyl groups excluding tert-OH is 4. The molecule has 6 saturated heterocycles. The van der Waals surface area contributed by atoms with Crippen molar-refractivity contribution in [3.63, 3.8) is 0 Å². The van der Waals surface area contributed by atoms with E-state index in [1.54, 1.807) is 33.8 Å². The molecule has 1 saturated carbocycles. The lowest BCUT2D eigenvalue weighted by molar-refractivity contribution is -0.584. The maximum atomic E-state index is 15.6. The summed E-state index contributed by atoms with van der Waals surface area (Å²) in [7, 11) is 1.15. The Bertz CT molecular complexity index is 2960. The molecule has 1 spiro atoms. The molecule has 0 aromatic carbocycles. The van der Waals surface area contributed by atoms with Gasteiger partial charge >= 0.3 is 18.0 Å². The van der Waals surface area contributed by atoms with Crippen molar-refractivity contribution < 1.29 is 111 Å². The summed E-state index contributed by atoms with van der Waals surface area (Å²) in [5, 5.41) is 62.0. The average Bonchev–Trinajstić information content (AvgIpc) is 1.68. The first kappa shape index (κ1) is 70.7. The summed E-state index contributed by atoms with van der Waals surface area (Å²) >= 11 is 0. The number of hydrogen-bond acceptors (Lipinski definition) is 24. The molecule has 93 heavy (non-hydrogen) atoms. The summed E-state index contributed by atoms with van der Waals surface area (Å²) < 4.78 is 81.5. The number of hydrogen-bond donors (Lipinski definition) is 5. The minimum Gasteiger partial charge on any atom is -0.511 e. The zero-order valence-corrected chi connectivity index (χ0v) is 55.4. The van der Waals surface area contributed by atoms with Crippen LogP contribution in [-0.2, 0) is 80.8 Å². The normalized spacial score (nSPS) is 46.8. The third-order valence-corrected chi connectivity index (χ3v) is 21.7. The van der Waals surface area contributed by atoms with E-state index < -0.39 is 210 Å². The average molecular weight is 1310 g/mol. The molecule has 10 rings (SSSR count). The molecular formula is C67H96N2O24. The van der Waals surface area contributed by atoms with Gasteiger partial charge in [-0.3, -0.25) is 24.5 Å². The summed E-state index contributed by atoms with van der Waals surface area (Å²) in [6.07, 6.45) is -4.21. The smallest absolute Gasteiger partial charge is 0.407 e. The van der Waals surface area contributed by atoms with Crippen molar-refractivity contribution in [3.05, 3.63) is 68.5 Å². The molecule has 0 radical (unpaired) electrons. The first-order valence-electron chi connectivity index (χ1n) is 33.1. The van der Waals surface area contributed by atoms with Crippen molar-refractivity contribution in [3.8, 4) is 0 Å². The summed E-state index contributed by atoms with van der Waals surface area (Å²) in [5.74, 6) is -6.46. The number of allylic oxidation sites excluding steroid dienone is 3. The predicted molar refractivity (Wildman–Crippen MR) is 325 cm³/mol. The van der Waals surface area contributed by atoms with Gasteiger partial charge in [0.15, 0.2) is 43.2 Å². The minimum absolute atomic E-state index is 0.00196. The van der Waals surface area contributed by atoms with E-state index in [0.717, 1.165) is 7.11 Å². The van der Waals surface area contributed by atoms with Crippen molar-refractivity contribution in [1.29, 1.82) is 0 Å². The largest absolute Gasteiger partial charge is 0.511 e. The number of nitro groups is 1. The topological polar surface area (TPSA) is 341 Å². The van der Waals surface area contributed by atoms with Crippen molar-refractivity contribution in [2.75, 3.05) is 7.11 Å². The second-order valence-electron chi connectivity index (χ2n) is 28.2. The molecule has 6 aliphatic heterocycles. The fourth-order valence-electron chi connectivity index (χ4n) is 16.9.